The SMILES string of the molecule is CN(C)C(=O)Cn1cc(-c2ccc(C=O)cc2F)cn1. The Hall–Kier alpha value is -2.50. The van der Waals surface area contributed by atoms with Gasteiger partial charge in [-0.25, -0.2) is 4.39 Å². The fourth-order valence-electron chi connectivity index (χ4n) is 1.71. The standard InChI is InChI=1S/C14H14FN3O2/c1-17(2)14(20)8-18-7-11(6-16-18)12-4-3-10(9-19)5-13(12)15/h3-7,9H,8H2,1-2H3. The molecule has 104 valence electrons. The lowest BCUT2D eigenvalue weighted by Crippen LogP contribution is -2.26. The Bertz CT molecular complexity index is 650. The van der Waals surface area contributed by atoms with E-state index in [9.17, 15) is 14.0 Å². The van der Waals surface area contributed by atoms with Crippen molar-refractivity contribution in [2.24, 2.45) is 0 Å². The molecule has 0 aliphatic heterocycles. The van der Waals surface area contributed by atoms with Gasteiger partial charge in [0, 0.05) is 37.0 Å². The summed E-state index contributed by atoms with van der Waals surface area (Å²) in [6, 6.07) is 4.23. The number of carbonyl (C=O) groups is 2. The Morgan fingerprint density at radius 3 is 2.80 bits per heavy atom. The number of hydrogen-bond donors (Lipinski definition) is 0. The van der Waals surface area contributed by atoms with Crippen molar-refractivity contribution < 1.29 is 14.0 Å². The van der Waals surface area contributed by atoms with E-state index in [0.717, 1.165) is 0 Å². The molecule has 2 rings (SSSR count). The molecule has 0 N–H and O–H groups in total. The molecule has 6 heteroatoms. The molecule has 0 aliphatic rings. The zero-order valence-corrected chi connectivity index (χ0v) is 11.2. The van der Waals surface area contributed by atoms with Crippen LogP contribution in [0, 0.1) is 5.82 Å². The third kappa shape index (κ3) is 2.90. The van der Waals surface area contributed by atoms with E-state index in [1.54, 1.807) is 20.3 Å². The summed E-state index contributed by atoms with van der Waals surface area (Å²) in [7, 11) is 3.31. The van der Waals surface area contributed by atoms with Crippen LogP contribution in [0.4, 0.5) is 4.39 Å². The molecule has 1 aromatic carbocycles. The second-order valence-electron chi connectivity index (χ2n) is 4.57. The number of rotatable bonds is 4. The highest BCUT2D eigenvalue weighted by atomic mass is 19.1. The van der Waals surface area contributed by atoms with Gasteiger partial charge in [-0.3, -0.25) is 14.3 Å². The van der Waals surface area contributed by atoms with Crippen molar-refractivity contribution >= 4 is 12.2 Å². The van der Waals surface area contributed by atoms with Gasteiger partial charge in [0.2, 0.25) is 5.91 Å². The lowest BCUT2D eigenvalue weighted by molar-refractivity contribution is -0.129. The highest BCUT2D eigenvalue weighted by Gasteiger charge is 2.10. The molecular weight excluding hydrogens is 261 g/mol. The summed E-state index contributed by atoms with van der Waals surface area (Å²) in [6.45, 7) is 0.0983. The van der Waals surface area contributed by atoms with Crippen LogP contribution in [0.2, 0.25) is 0 Å². The fraction of sp³-hybridized carbons (Fsp3) is 0.214. The number of hydrogen-bond acceptors (Lipinski definition) is 3. The number of benzene rings is 1. The van der Waals surface area contributed by atoms with Crippen molar-refractivity contribution in [1.29, 1.82) is 0 Å². The van der Waals surface area contributed by atoms with Crippen LogP contribution in [-0.2, 0) is 11.3 Å². The Morgan fingerprint density at radius 1 is 1.45 bits per heavy atom. The van der Waals surface area contributed by atoms with Crippen molar-refractivity contribution in [1.82, 2.24) is 14.7 Å². The summed E-state index contributed by atoms with van der Waals surface area (Å²) in [5.41, 5.74) is 1.19. The summed E-state index contributed by atoms with van der Waals surface area (Å²) < 4.78 is 15.3. The highest BCUT2D eigenvalue weighted by Crippen LogP contribution is 2.22. The molecule has 0 bridgehead atoms. The van der Waals surface area contributed by atoms with Crippen molar-refractivity contribution in [3.05, 3.63) is 42.0 Å². The van der Waals surface area contributed by atoms with E-state index in [4.69, 9.17) is 0 Å². The Balaban J connectivity index is 2.24. The first kappa shape index (κ1) is 13.9. The maximum absolute atomic E-state index is 13.9. The maximum Gasteiger partial charge on any atom is 0.243 e. The van der Waals surface area contributed by atoms with Gasteiger partial charge >= 0.3 is 0 Å². The zero-order chi connectivity index (χ0) is 14.7. The van der Waals surface area contributed by atoms with Crippen LogP contribution in [0.1, 0.15) is 10.4 Å². The number of aldehydes is 1. The van der Waals surface area contributed by atoms with Gasteiger partial charge in [-0.2, -0.15) is 5.10 Å². The van der Waals surface area contributed by atoms with Crippen LogP contribution in [0.3, 0.4) is 0 Å². The third-order valence-electron chi connectivity index (χ3n) is 2.87. The number of nitrogens with zero attached hydrogens (tertiary/aromatic N) is 3. The van der Waals surface area contributed by atoms with Crippen LogP contribution in [0.5, 0.6) is 0 Å². The third-order valence-corrected chi connectivity index (χ3v) is 2.87. The zero-order valence-electron chi connectivity index (χ0n) is 11.2. The molecule has 20 heavy (non-hydrogen) atoms. The summed E-state index contributed by atoms with van der Waals surface area (Å²) in [4.78, 5) is 23.6. The molecule has 0 spiro atoms. The number of amides is 1. The average molecular weight is 275 g/mol. The first-order valence-electron chi connectivity index (χ1n) is 5.99. The second-order valence-corrected chi connectivity index (χ2v) is 4.57. The lowest BCUT2D eigenvalue weighted by Gasteiger charge is -2.09. The van der Waals surface area contributed by atoms with Crippen LogP contribution in [0.15, 0.2) is 30.6 Å². The van der Waals surface area contributed by atoms with E-state index in [0.29, 0.717) is 17.4 Å². The first-order chi connectivity index (χ1) is 9.51. The fourth-order valence-corrected chi connectivity index (χ4v) is 1.71. The minimum Gasteiger partial charge on any atom is -0.347 e. The molecule has 2 aromatic rings. The molecule has 1 aromatic heterocycles. The summed E-state index contributed by atoms with van der Waals surface area (Å²) in [5, 5.41) is 4.03. The minimum atomic E-state index is -0.493. The Kier molecular flexibility index (Phi) is 3.93. The van der Waals surface area contributed by atoms with Crippen LogP contribution < -0.4 is 0 Å². The van der Waals surface area contributed by atoms with Gasteiger partial charge in [0.05, 0.1) is 6.20 Å². The lowest BCUT2D eigenvalue weighted by atomic mass is 10.1. The van der Waals surface area contributed by atoms with Crippen molar-refractivity contribution in [2.75, 3.05) is 14.1 Å². The van der Waals surface area contributed by atoms with Crippen molar-refractivity contribution in [3.63, 3.8) is 0 Å². The molecule has 0 saturated heterocycles. The molecule has 0 aliphatic carbocycles. The molecule has 0 atom stereocenters. The summed E-state index contributed by atoms with van der Waals surface area (Å²) in [6.07, 6.45) is 3.67. The molecular formula is C14H14FN3O2. The van der Waals surface area contributed by atoms with Gasteiger partial charge in [0.15, 0.2) is 0 Å². The molecule has 1 heterocycles. The summed E-state index contributed by atoms with van der Waals surface area (Å²) >= 11 is 0. The van der Waals surface area contributed by atoms with Crippen molar-refractivity contribution in [3.8, 4) is 11.1 Å². The van der Waals surface area contributed by atoms with Crippen molar-refractivity contribution in [2.45, 2.75) is 6.54 Å². The van der Waals surface area contributed by atoms with Gasteiger partial charge in [-0.15, -0.1) is 0 Å². The predicted octanol–water partition coefficient (Wildman–Crippen LogP) is 1.59. The normalized spacial score (nSPS) is 10.3. The van der Waals surface area contributed by atoms with E-state index in [1.807, 2.05) is 0 Å². The monoisotopic (exact) mass is 275 g/mol. The van der Waals surface area contributed by atoms with Crippen LogP contribution in [0.25, 0.3) is 11.1 Å². The number of likely N-dealkylation sites (N-methyl/N-ethyl adjacent to an activating group) is 1. The minimum absolute atomic E-state index is 0.0983. The predicted molar refractivity (Wildman–Crippen MR) is 71.7 cm³/mol. The number of aromatic nitrogens is 2. The Labute approximate surface area is 115 Å². The molecule has 0 unspecified atom stereocenters. The van der Waals surface area contributed by atoms with E-state index < -0.39 is 5.82 Å². The largest absolute Gasteiger partial charge is 0.347 e. The van der Waals surface area contributed by atoms with Crippen LogP contribution in [-0.4, -0.2) is 41.0 Å². The summed E-state index contributed by atoms with van der Waals surface area (Å²) in [5.74, 6) is -0.593. The molecule has 0 saturated carbocycles. The quantitative estimate of drug-likeness (QED) is 0.796. The van der Waals surface area contributed by atoms with E-state index >= 15 is 0 Å². The molecule has 0 fully saturated rings. The Morgan fingerprint density at radius 2 is 2.20 bits per heavy atom. The number of carbonyl (C=O) groups excluding carboxylic acids is 2. The molecule has 1 amide bonds. The first-order valence-corrected chi connectivity index (χ1v) is 5.99. The van der Waals surface area contributed by atoms with E-state index in [-0.39, 0.29) is 18.0 Å². The van der Waals surface area contributed by atoms with Crippen LogP contribution >= 0.6 is 0 Å². The van der Waals surface area contributed by atoms with E-state index in [2.05, 4.69) is 5.10 Å². The van der Waals surface area contributed by atoms with Gasteiger partial charge in [-0.05, 0) is 6.07 Å². The molecule has 5 nitrogen and oxygen atoms in total. The highest BCUT2D eigenvalue weighted by molar-refractivity contribution is 5.77. The average Bonchev–Trinajstić information content (AvgIpc) is 2.86. The van der Waals surface area contributed by atoms with Gasteiger partial charge in [-0.1, -0.05) is 12.1 Å². The number of halogens is 1. The maximum atomic E-state index is 13.9. The topological polar surface area (TPSA) is 55.2 Å². The van der Waals surface area contributed by atoms with Gasteiger partial charge < -0.3 is 4.90 Å². The second kappa shape index (κ2) is 5.64. The van der Waals surface area contributed by atoms with E-state index in [1.165, 1.54) is 34.0 Å². The smallest absolute Gasteiger partial charge is 0.243 e. The van der Waals surface area contributed by atoms with Gasteiger partial charge in [0.25, 0.3) is 0 Å². The molecule has 0 radical (unpaired) electrons. The van der Waals surface area contributed by atoms with Gasteiger partial charge in [0.1, 0.15) is 18.6 Å².